The number of anilines is 2. The first kappa shape index (κ1) is 39.1. The summed E-state index contributed by atoms with van der Waals surface area (Å²) in [6.45, 7) is 7.90. The van der Waals surface area contributed by atoms with Gasteiger partial charge in [0.05, 0.1) is 31.6 Å². The minimum Gasteiger partial charge on any atom is -0.473 e. The van der Waals surface area contributed by atoms with Gasteiger partial charge in [-0.3, -0.25) is 0 Å². The zero-order chi connectivity index (χ0) is 39.8. The van der Waals surface area contributed by atoms with Crippen LogP contribution in [0.3, 0.4) is 0 Å². The number of benzene rings is 3. The van der Waals surface area contributed by atoms with E-state index < -0.39 is 35.4 Å². The smallest absolute Gasteiger partial charge is 0.407 e. The normalized spacial score (nSPS) is 11.8. The Hall–Kier alpha value is -6.57. The van der Waals surface area contributed by atoms with Crippen molar-refractivity contribution in [1.82, 2.24) is 24.9 Å². The van der Waals surface area contributed by atoms with Crippen LogP contribution in [0.5, 0.6) is 5.88 Å². The number of rotatable bonds is 14. The van der Waals surface area contributed by atoms with E-state index in [-0.39, 0.29) is 36.0 Å². The first-order chi connectivity index (χ1) is 26.9. The number of methoxy groups -OCH3 is 1. The molecule has 0 radical (unpaired) electrons. The van der Waals surface area contributed by atoms with E-state index in [4.69, 9.17) is 19.2 Å². The quantitative estimate of drug-likeness (QED) is 0.105. The van der Waals surface area contributed by atoms with Crippen molar-refractivity contribution in [3.8, 4) is 17.0 Å². The van der Waals surface area contributed by atoms with Gasteiger partial charge >= 0.3 is 12.1 Å². The first-order valence-corrected chi connectivity index (χ1v) is 18.0. The van der Waals surface area contributed by atoms with Crippen molar-refractivity contribution >= 4 is 29.3 Å². The van der Waals surface area contributed by atoms with Gasteiger partial charge in [0, 0.05) is 25.2 Å². The van der Waals surface area contributed by atoms with Gasteiger partial charge in [-0.25, -0.2) is 28.3 Å². The van der Waals surface area contributed by atoms with Crippen LogP contribution in [0.4, 0.5) is 25.2 Å². The van der Waals surface area contributed by atoms with E-state index in [1.807, 2.05) is 60.7 Å². The molecule has 0 spiro atoms. The summed E-state index contributed by atoms with van der Waals surface area (Å²) in [4.78, 5) is 36.6. The van der Waals surface area contributed by atoms with Crippen LogP contribution in [0, 0.1) is 11.6 Å². The molecule has 2 N–H and O–H groups in total. The molecular formula is C42H43F2N7O5. The molecule has 0 aliphatic carbocycles. The predicted octanol–water partition coefficient (Wildman–Crippen LogP) is 7.97. The zero-order valence-corrected chi connectivity index (χ0v) is 31.8. The molecule has 3 aromatic heterocycles. The molecule has 0 aliphatic rings. The number of alkyl carbamates (subject to hydrolysis) is 1. The number of carbonyl (C=O) groups excluding carboxylic acids is 2. The summed E-state index contributed by atoms with van der Waals surface area (Å²) in [6.07, 6.45) is 1.26. The predicted molar refractivity (Wildman–Crippen MR) is 208 cm³/mol. The fraction of sp³-hybridized carbons (Fsp3) is 0.262. The second-order valence-electron chi connectivity index (χ2n) is 14.1. The molecule has 56 heavy (non-hydrogen) atoms. The lowest BCUT2D eigenvalue weighted by Gasteiger charge is -2.29. The average Bonchev–Trinajstić information content (AvgIpc) is 3.60. The second-order valence-corrected chi connectivity index (χ2v) is 14.1. The molecule has 12 nitrogen and oxygen atoms in total. The summed E-state index contributed by atoms with van der Waals surface area (Å²) in [5.74, 6) is -0.725. The Labute approximate surface area is 323 Å². The average molecular weight is 764 g/mol. The fourth-order valence-electron chi connectivity index (χ4n) is 6.00. The zero-order valence-electron chi connectivity index (χ0n) is 31.8. The summed E-state index contributed by atoms with van der Waals surface area (Å²) in [5, 5.41) is 10.7. The van der Waals surface area contributed by atoms with Gasteiger partial charge in [-0.2, -0.15) is 9.61 Å². The van der Waals surface area contributed by atoms with Crippen molar-refractivity contribution < 1.29 is 32.6 Å². The number of esters is 1. The Morgan fingerprint density at radius 2 is 1.54 bits per heavy atom. The molecule has 0 saturated heterocycles. The van der Waals surface area contributed by atoms with Crippen LogP contribution in [-0.4, -0.2) is 57.0 Å². The molecule has 0 saturated carbocycles. The molecule has 14 heteroatoms. The van der Waals surface area contributed by atoms with Crippen LogP contribution in [-0.2, 0) is 29.1 Å². The van der Waals surface area contributed by atoms with Crippen LogP contribution < -0.4 is 20.3 Å². The van der Waals surface area contributed by atoms with Crippen LogP contribution in [0.2, 0.25) is 0 Å². The van der Waals surface area contributed by atoms with Crippen molar-refractivity contribution in [2.75, 3.05) is 23.9 Å². The first-order valence-electron chi connectivity index (χ1n) is 18.0. The molecule has 0 bridgehead atoms. The Morgan fingerprint density at radius 3 is 2.14 bits per heavy atom. The lowest BCUT2D eigenvalue weighted by Crippen LogP contribution is -2.37. The van der Waals surface area contributed by atoms with E-state index in [0.717, 1.165) is 17.3 Å². The van der Waals surface area contributed by atoms with Gasteiger partial charge in [0.2, 0.25) is 5.88 Å². The number of nitrogens with one attached hydrogen (secondary N) is 2. The van der Waals surface area contributed by atoms with Crippen LogP contribution in [0.1, 0.15) is 54.7 Å². The SMILES string of the molecule is COC(=O)c1cnn2c(N(Cc3ccccc3)Cc3ccccc3)c(-c3ccc(F)cc3)c(NCc3cc(F)cnc3O[C@@H](C)CNC(=O)OC(C)(C)C)nc12. The highest BCUT2D eigenvalue weighted by atomic mass is 19.1. The third-order valence-electron chi connectivity index (χ3n) is 8.48. The Kier molecular flexibility index (Phi) is 12.1. The molecule has 290 valence electrons. The second kappa shape index (κ2) is 17.3. The third-order valence-corrected chi connectivity index (χ3v) is 8.48. The lowest BCUT2D eigenvalue weighted by molar-refractivity contribution is 0.0502. The summed E-state index contributed by atoms with van der Waals surface area (Å²) in [5.41, 5.74) is 3.10. The van der Waals surface area contributed by atoms with E-state index in [1.54, 1.807) is 44.3 Å². The number of hydrogen-bond acceptors (Lipinski definition) is 10. The fourth-order valence-corrected chi connectivity index (χ4v) is 6.00. The Bertz CT molecular complexity index is 2240. The lowest BCUT2D eigenvalue weighted by atomic mass is 10.0. The van der Waals surface area contributed by atoms with Gasteiger partial charge in [-0.1, -0.05) is 72.8 Å². The summed E-state index contributed by atoms with van der Waals surface area (Å²) >= 11 is 0. The molecule has 6 aromatic rings. The Balaban J connectivity index is 1.46. The van der Waals surface area contributed by atoms with E-state index in [1.165, 1.54) is 31.5 Å². The molecular weight excluding hydrogens is 721 g/mol. The minimum atomic E-state index is -0.677. The monoisotopic (exact) mass is 763 g/mol. The van der Waals surface area contributed by atoms with Crippen LogP contribution in [0.15, 0.2) is 103 Å². The third kappa shape index (κ3) is 9.75. The largest absolute Gasteiger partial charge is 0.473 e. The Morgan fingerprint density at radius 1 is 0.893 bits per heavy atom. The maximum Gasteiger partial charge on any atom is 0.407 e. The maximum absolute atomic E-state index is 14.8. The summed E-state index contributed by atoms with van der Waals surface area (Å²) in [7, 11) is 1.28. The molecule has 0 aliphatic heterocycles. The van der Waals surface area contributed by atoms with E-state index in [0.29, 0.717) is 35.6 Å². The number of pyridine rings is 1. The summed E-state index contributed by atoms with van der Waals surface area (Å²) in [6, 6.07) is 27.0. The van der Waals surface area contributed by atoms with Gasteiger partial charge in [-0.15, -0.1) is 0 Å². The number of halogens is 2. The standard InChI is InChI=1S/C42H43F2N7O5/c1-27(21-47-41(53)56-42(2,3)4)55-38-31(20-33(44)23-46-38)22-45-36-35(30-16-18-32(43)19-17-30)39(51-37(49-36)34(24-48-51)40(52)54-5)50(25-28-12-8-6-9-13-28)26-29-14-10-7-11-15-29/h6-20,23-24,27H,21-22,25-26H2,1-5H3,(H,45,49)(H,47,53)/t27-/m0/s1. The number of amides is 1. The minimum absolute atomic E-state index is 0.0395. The van der Waals surface area contributed by atoms with Gasteiger partial charge in [0.15, 0.2) is 5.65 Å². The van der Waals surface area contributed by atoms with Gasteiger partial charge in [0.25, 0.3) is 0 Å². The number of ether oxygens (including phenoxy) is 3. The number of fused-ring (bicyclic) bond motifs is 1. The van der Waals surface area contributed by atoms with Gasteiger partial charge < -0.3 is 29.7 Å². The number of hydrogen-bond donors (Lipinski definition) is 2. The molecule has 6 rings (SSSR count). The van der Waals surface area contributed by atoms with Gasteiger partial charge in [0.1, 0.15) is 40.5 Å². The summed E-state index contributed by atoms with van der Waals surface area (Å²) < 4.78 is 47.3. The molecule has 3 aromatic carbocycles. The van der Waals surface area contributed by atoms with E-state index in [2.05, 4.69) is 25.6 Å². The molecule has 0 unspecified atom stereocenters. The number of aromatic nitrogens is 4. The molecule has 3 heterocycles. The molecule has 0 fully saturated rings. The van der Waals surface area contributed by atoms with Crippen LogP contribution in [0.25, 0.3) is 16.8 Å². The number of carbonyl (C=O) groups is 2. The van der Waals surface area contributed by atoms with Crippen molar-refractivity contribution in [3.63, 3.8) is 0 Å². The highest BCUT2D eigenvalue weighted by Crippen LogP contribution is 2.39. The maximum atomic E-state index is 14.8. The molecule has 1 amide bonds. The van der Waals surface area contributed by atoms with Crippen molar-refractivity contribution in [3.05, 3.63) is 137 Å². The number of nitrogens with zero attached hydrogens (tertiary/aromatic N) is 5. The van der Waals surface area contributed by atoms with Crippen molar-refractivity contribution in [1.29, 1.82) is 0 Å². The topological polar surface area (TPSA) is 132 Å². The van der Waals surface area contributed by atoms with Gasteiger partial charge in [-0.05, 0) is 62.6 Å². The van der Waals surface area contributed by atoms with Crippen molar-refractivity contribution in [2.45, 2.75) is 59.0 Å². The van der Waals surface area contributed by atoms with E-state index in [9.17, 15) is 18.4 Å². The highest BCUT2D eigenvalue weighted by Gasteiger charge is 2.27. The molecule has 1 atom stereocenters. The van der Waals surface area contributed by atoms with Crippen molar-refractivity contribution in [2.24, 2.45) is 0 Å². The highest BCUT2D eigenvalue weighted by molar-refractivity contribution is 5.98. The van der Waals surface area contributed by atoms with Crippen LogP contribution >= 0.6 is 0 Å². The van der Waals surface area contributed by atoms with E-state index >= 15 is 0 Å².